The van der Waals surface area contributed by atoms with Crippen LogP contribution in [0.25, 0.3) is 21.9 Å². The van der Waals surface area contributed by atoms with Crippen LogP contribution in [0.4, 0.5) is 5.69 Å². The van der Waals surface area contributed by atoms with E-state index in [1.165, 1.54) is 7.11 Å². The van der Waals surface area contributed by atoms with Crippen molar-refractivity contribution in [3.63, 3.8) is 0 Å². The molecule has 33 heavy (non-hydrogen) atoms. The number of nitrogens with zero attached hydrogens (tertiary/aromatic N) is 1. The number of methoxy groups -OCH3 is 1. The molecule has 0 radical (unpaired) electrons. The molecule has 1 heterocycles. The monoisotopic (exact) mass is 449 g/mol. The average molecular weight is 450 g/mol. The highest BCUT2D eigenvalue weighted by molar-refractivity contribution is 6.13. The van der Waals surface area contributed by atoms with E-state index >= 15 is 0 Å². The molecule has 0 atom stereocenters. The smallest absolute Gasteiger partial charge is 0.340 e. The Balaban J connectivity index is 1.91. The van der Waals surface area contributed by atoms with Crippen LogP contribution in [0.15, 0.2) is 28.7 Å². The lowest BCUT2D eigenvalue weighted by Gasteiger charge is -2.34. The van der Waals surface area contributed by atoms with Crippen LogP contribution >= 0.6 is 0 Å². The second-order valence-corrected chi connectivity index (χ2v) is 9.54. The summed E-state index contributed by atoms with van der Waals surface area (Å²) in [6.45, 7) is 7.99. The summed E-state index contributed by atoms with van der Waals surface area (Å²) in [6.07, 6.45) is 4.60. The zero-order valence-electron chi connectivity index (χ0n) is 19.9. The number of benzene rings is 2. The predicted octanol–water partition coefficient (Wildman–Crippen LogP) is 6.06. The normalized spacial score (nSPS) is 18.6. The number of esters is 1. The van der Waals surface area contributed by atoms with Crippen molar-refractivity contribution >= 4 is 45.8 Å². The SMILES string of the molecule is COC(=O)c1cc2oc3cc(C)c(C=O)cc3c2cc1N(C(=O)[C@H]1CC[C@H](C)CC1)C(C)C. The fourth-order valence-corrected chi connectivity index (χ4v) is 4.93. The minimum Gasteiger partial charge on any atom is -0.465 e. The Labute approximate surface area is 193 Å². The number of furan rings is 1. The summed E-state index contributed by atoms with van der Waals surface area (Å²) in [5.74, 6) is 0.0953. The molecule has 1 aliphatic carbocycles. The molecule has 0 saturated heterocycles. The number of aryl methyl sites for hydroxylation is 1. The number of aldehydes is 1. The van der Waals surface area contributed by atoms with Crippen molar-refractivity contribution in [1.82, 2.24) is 0 Å². The first-order valence-corrected chi connectivity index (χ1v) is 11.6. The van der Waals surface area contributed by atoms with E-state index in [-0.39, 0.29) is 17.9 Å². The van der Waals surface area contributed by atoms with Gasteiger partial charge in [-0.3, -0.25) is 9.59 Å². The molecule has 0 aliphatic heterocycles. The first-order chi connectivity index (χ1) is 15.7. The molecule has 0 unspecified atom stereocenters. The minimum atomic E-state index is -0.521. The number of anilines is 1. The highest BCUT2D eigenvalue weighted by Crippen LogP contribution is 2.38. The van der Waals surface area contributed by atoms with Crippen molar-refractivity contribution in [1.29, 1.82) is 0 Å². The molecule has 2 aromatic carbocycles. The number of fused-ring (bicyclic) bond motifs is 3. The Morgan fingerprint density at radius 2 is 1.70 bits per heavy atom. The zero-order chi connectivity index (χ0) is 23.9. The fourth-order valence-electron chi connectivity index (χ4n) is 4.93. The van der Waals surface area contributed by atoms with Crippen LogP contribution in [-0.4, -0.2) is 31.3 Å². The number of ether oxygens (including phenoxy) is 1. The molecule has 174 valence electrons. The molecule has 0 bridgehead atoms. The van der Waals surface area contributed by atoms with Gasteiger partial charge in [-0.05, 0) is 82.2 Å². The molecule has 4 rings (SSSR count). The van der Waals surface area contributed by atoms with Crippen LogP contribution in [-0.2, 0) is 9.53 Å². The number of rotatable bonds is 5. The standard InChI is InChI=1S/C27H31NO5/c1-15(2)28(26(30)18-8-6-16(3)7-9-18)23-12-21-20-11-19(14-29)17(4)10-24(20)33-25(21)13-22(23)27(31)32-5/h10-16,18H,6-9H2,1-5H3/t16-,18-. The quantitative estimate of drug-likeness (QED) is 0.349. The summed E-state index contributed by atoms with van der Waals surface area (Å²) in [6, 6.07) is 6.96. The highest BCUT2D eigenvalue weighted by Gasteiger charge is 2.33. The maximum absolute atomic E-state index is 13.7. The summed E-state index contributed by atoms with van der Waals surface area (Å²) in [7, 11) is 1.33. The van der Waals surface area contributed by atoms with Gasteiger partial charge in [0.2, 0.25) is 5.91 Å². The van der Waals surface area contributed by atoms with E-state index in [9.17, 15) is 14.4 Å². The Morgan fingerprint density at radius 3 is 2.30 bits per heavy atom. The third-order valence-corrected chi connectivity index (χ3v) is 6.89. The summed E-state index contributed by atoms with van der Waals surface area (Å²) in [4.78, 5) is 39.7. The van der Waals surface area contributed by atoms with E-state index in [4.69, 9.17) is 9.15 Å². The van der Waals surface area contributed by atoms with Gasteiger partial charge in [-0.25, -0.2) is 4.79 Å². The van der Waals surface area contributed by atoms with Crippen LogP contribution in [0.3, 0.4) is 0 Å². The Morgan fingerprint density at radius 1 is 1.06 bits per heavy atom. The molecular weight excluding hydrogens is 418 g/mol. The Bertz CT molecular complexity index is 1230. The summed E-state index contributed by atoms with van der Waals surface area (Å²) in [5.41, 5.74) is 3.35. The van der Waals surface area contributed by atoms with E-state index in [2.05, 4.69) is 6.92 Å². The molecule has 1 aliphatic rings. The van der Waals surface area contributed by atoms with Crippen LogP contribution < -0.4 is 4.90 Å². The van der Waals surface area contributed by atoms with Gasteiger partial charge in [-0.15, -0.1) is 0 Å². The second-order valence-electron chi connectivity index (χ2n) is 9.54. The van der Waals surface area contributed by atoms with Gasteiger partial charge in [0, 0.05) is 28.3 Å². The van der Waals surface area contributed by atoms with Crippen LogP contribution in [0.1, 0.15) is 72.7 Å². The van der Waals surface area contributed by atoms with Crippen molar-refractivity contribution in [2.45, 2.75) is 59.4 Å². The van der Waals surface area contributed by atoms with E-state index in [0.29, 0.717) is 33.9 Å². The van der Waals surface area contributed by atoms with E-state index in [0.717, 1.165) is 48.3 Å². The molecule has 1 amide bonds. The summed E-state index contributed by atoms with van der Waals surface area (Å²) >= 11 is 0. The van der Waals surface area contributed by atoms with Crippen molar-refractivity contribution in [2.24, 2.45) is 11.8 Å². The lowest BCUT2D eigenvalue weighted by Crippen LogP contribution is -2.43. The lowest BCUT2D eigenvalue weighted by molar-refractivity contribution is -0.123. The number of hydrogen-bond acceptors (Lipinski definition) is 5. The molecule has 1 saturated carbocycles. The summed E-state index contributed by atoms with van der Waals surface area (Å²) < 4.78 is 11.1. The van der Waals surface area contributed by atoms with Crippen LogP contribution in [0.5, 0.6) is 0 Å². The Hall–Kier alpha value is -3.15. The minimum absolute atomic E-state index is 0.0404. The van der Waals surface area contributed by atoms with Crippen molar-refractivity contribution in [2.75, 3.05) is 12.0 Å². The maximum atomic E-state index is 13.7. The predicted molar refractivity (Wildman–Crippen MR) is 129 cm³/mol. The summed E-state index contributed by atoms with van der Waals surface area (Å²) in [5, 5.41) is 1.53. The number of carbonyl (C=O) groups is 3. The van der Waals surface area contributed by atoms with Gasteiger partial charge < -0.3 is 14.1 Å². The van der Waals surface area contributed by atoms with Gasteiger partial charge in [0.05, 0.1) is 18.4 Å². The van der Waals surface area contributed by atoms with Gasteiger partial charge in [-0.1, -0.05) is 6.92 Å². The first kappa shape index (κ1) is 23.0. The molecule has 6 heteroatoms. The van der Waals surface area contributed by atoms with Crippen molar-refractivity contribution < 1.29 is 23.5 Å². The third kappa shape index (κ3) is 4.14. The van der Waals surface area contributed by atoms with Crippen molar-refractivity contribution in [3.8, 4) is 0 Å². The molecule has 0 N–H and O–H groups in total. The largest absolute Gasteiger partial charge is 0.465 e. The van der Waals surface area contributed by atoms with Crippen LogP contribution in [0, 0.1) is 18.8 Å². The number of carbonyl (C=O) groups excluding carboxylic acids is 3. The maximum Gasteiger partial charge on any atom is 0.340 e. The van der Waals surface area contributed by atoms with Gasteiger partial charge in [0.1, 0.15) is 17.5 Å². The third-order valence-electron chi connectivity index (χ3n) is 6.89. The second kappa shape index (κ2) is 9.00. The van der Waals surface area contributed by atoms with E-state index in [1.807, 2.05) is 32.9 Å². The van der Waals surface area contributed by atoms with Gasteiger partial charge in [0.15, 0.2) is 0 Å². The van der Waals surface area contributed by atoms with Gasteiger partial charge >= 0.3 is 5.97 Å². The zero-order valence-corrected chi connectivity index (χ0v) is 19.9. The number of amides is 1. The Kier molecular flexibility index (Phi) is 6.28. The van der Waals surface area contributed by atoms with Gasteiger partial charge in [-0.2, -0.15) is 0 Å². The highest BCUT2D eigenvalue weighted by atomic mass is 16.5. The van der Waals surface area contributed by atoms with E-state index in [1.54, 1.807) is 17.0 Å². The molecule has 6 nitrogen and oxygen atoms in total. The molecule has 1 fully saturated rings. The molecule has 3 aromatic rings. The molecular formula is C27H31NO5. The average Bonchev–Trinajstić information content (AvgIpc) is 3.13. The van der Waals surface area contributed by atoms with Crippen LogP contribution in [0.2, 0.25) is 0 Å². The van der Waals surface area contributed by atoms with Gasteiger partial charge in [0.25, 0.3) is 0 Å². The molecule has 0 spiro atoms. The lowest BCUT2D eigenvalue weighted by atomic mass is 9.82. The number of hydrogen-bond donors (Lipinski definition) is 0. The molecule has 1 aromatic heterocycles. The first-order valence-electron chi connectivity index (χ1n) is 11.6. The topological polar surface area (TPSA) is 76.8 Å². The van der Waals surface area contributed by atoms with E-state index < -0.39 is 5.97 Å². The fraction of sp³-hybridized carbons (Fsp3) is 0.444. The van der Waals surface area contributed by atoms with Crippen molar-refractivity contribution in [3.05, 3.63) is 41.0 Å².